The minimum Gasteiger partial charge on any atom is -0.467 e. The second-order valence-corrected chi connectivity index (χ2v) is 8.27. The Morgan fingerprint density at radius 1 is 1.21 bits per heavy atom. The molecule has 0 spiro atoms. The summed E-state index contributed by atoms with van der Waals surface area (Å²) in [5.74, 6) is 1.18. The zero-order valence-corrected chi connectivity index (χ0v) is 18.3. The second-order valence-electron chi connectivity index (χ2n) is 8.27. The topological polar surface area (TPSA) is 122 Å². The van der Waals surface area contributed by atoms with Crippen LogP contribution in [0.4, 0.5) is 4.79 Å². The van der Waals surface area contributed by atoms with Gasteiger partial charge in [0.1, 0.15) is 46.9 Å². The predicted molar refractivity (Wildman–Crippen MR) is 114 cm³/mol. The number of carbonyl (C=O) groups excluding carboxylic acids is 3. The number of hydrazone groups is 1. The van der Waals surface area contributed by atoms with E-state index < -0.39 is 36.0 Å². The minimum atomic E-state index is -1.33. The minimum absolute atomic E-state index is 0.373. The molecular formula is C23H22N4O6. The highest BCUT2D eigenvalue weighted by atomic mass is 16.3. The molecule has 5 rings (SSSR count). The summed E-state index contributed by atoms with van der Waals surface area (Å²) in [4.78, 5) is 40.2. The smallest absolute Gasteiger partial charge is 0.325 e. The van der Waals surface area contributed by atoms with Crippen molar-refractivity contribution >= 4 is 23.6 Å². The summed E-state index contributed by atoms with van der Waals surface area (Å²) in [5, 5.41) is 8.39. The van der Waals surface area contributed by atoms with E-state index in [1.165, 1.54) is 17.5 Å². The highest BCUT2D eigenvalue weighted by molar-refractivity contribution is 6.09. The van der Waals surface area contributed by atoms with Crippen molar-refractivity contribution in [3.8, 4) is 0 Å². The van der Waals surface area contributed by atoms with Crippen LogP contribution in [-0.2, 0) is 15.1 Å². The maximum atomic E-state index is 13.3. The number of furan rings is 3. The Kier molecular flexibility index (Phi) is 4.73. The molecule has 1 saturated heterocycles. The van der Waals surface area contributed by atoms with E-state index in [2.05, 4.69) is 10.4 Å². The number of aryl methyl sites for hydroxylation is 2. The summed E-state index contributed by atoms with van der Waals surface area (Å²) in [5.41, 5.74) is -0.199. The molecule has 2 aliphatic rings. The molecule has 3 aromatic heterocycles. The van der Waals surface area contributed by atoms with Gasteiger partial charge < -0.3 is 18.6 Å². The van der Waals surface area contributed by atoms with Crippen molar-refractivity contribution in [2.75, 3.05) is 6.54 Å². The molecule has 10 nitrogen and oxygen atoms in total. The van der Waals surface area contributed by atoms with E-state index in [1.54, 1.807) is 51.1 Å². The van der Waals surface area contributed by atoms with E-state index >= 15 is 0 Å². The lowest BCUT2D eigenvalue weighted by atomic mass is 9.92. The number of carbonyl (C=O) groups is 3. The summed E-state index contributed by atoms with van der Waals surface area (Å²) in [7, 11) is 0. The Morgan fingerprint density at radius 2 is 1.97 bits per heavy atom. The molecule has 3 aromatic rings. The maximum Gasteiger partial charge on any atom is 0.325 e. The normalized spacial score (nSPS) is 22.8. The maximum absolute atomic E-state index is 13.3. The largest absolute Gasteiger partial charge is 0.467 e. The lowest BCUT2D eigenvalue weighted by molar-refractivity contribution is -0.140. The molecule has 0 aliphatic carbocycles. The van der Waals surface area contributed by atoms with Crippen molar-refractivity contribution in [1.82, 2.24) is 15.2 Å². The van der Waals surface area contributed by atoms with Gasteiger partial charge in [0.15, 0.2) is 0 Å². The quantitative estimate of drug-likeness (QED) is 0.596. The lowest BCUT2D eigenvalue weighted by Crippen LogP contribution is -2.43. The molecule has 33 heavy (non-hydrogen) atoms. The summed E-state index contributed by atoms with van der Waals surface area (Å²) in [6.07, 6.45) is 3.41. The van der Waals surface area contributed by atoms with Crippen LogP contribution in [0.25, 0.3) is 0 Å². The van der Waals surface area contributed by atoms with Crippen molar-refractivity contribution in [2.45, 2.75) is 38.8 Å². The molecule has 0 aromatic carbocycles. The van der Waals surface area contributed by atoms with E-state index in [0.29, 0.717) is 40.7 Å². The van der Waals surface area contributed by atoms with E-state index in [1.807, 2.05) is 0 Å². The predicted octanol–water partition coefficient (Wildman–Crippen LogP) is 3.23. The number of urea groups is 1. The average molecular weight is 450 g/mol. The van der Waals surface area contributed by atoms with Crippen LogP contribution >= 0.6 is 0 Å². The van der Waals surface area contributed by atoms with Crippen LogP contribution in [0.15, 0.2) is 61.2 Å². The van der Waals surface area contributed by atoms with Crippen LogP contribution in [-0.4, -0.2) is 40.0 Å². The van der Waals surface area contributed by atoms with Gasteiger partial charge in [0.25, 0.3) is 11.8 Å². The Labute approximate surface area is 188 Å². The highest BCUT2D eigenvalue weighted by Crippen LogP contribution is 2.35. The standard InChI is InChI=1S/C23H22N4O6/c1-13-10-15(14(2)33-13)23(3)21(29)26(22(30)24-23)12-20(28)27-17(19-7-5-9-32-19)11-16(25-27)18-6-4-8-31-18/h4-10,17H,11-12H2,1-3H3,(H,24,30). The molecule has 1 fully saturated rings. The first-order valence-electron chi connectivity index (χ1n) is 10.5. The fraction of sp³-hybridized carbons (Fsp3) is 0.304. The number of rotatable bonds is 5. The number of nitrogens with one attached hydrogen (secondary N) is 1. The van der Waals surface area contributed by atoms with Gasteiger partial charge in [0.2, 0.25) is 0 Å². The SMILES string of the molecule is Cc1cc(C2(C)NC(=O)N(CC(=O)N3N=C(c4ccco4)CC3c3ccco3)C2=O)c(C)o1. The molecule has 2 atom stereocenters. The third-order valence-electron chi connectivity index (χ3n) is 5.99. The van der Waals surface area contributed by atoms with Gasteiger partial charge in [-0.15, -0.1) is 0 Å². The molecule has 4 amide bonds. The Bertz CT molecular complexity index is 1260. The van der Waals surface area contributed by atoms with Crippen molar-refractivity contribution in [1.29, 1.82) is 0 Å². The fourth-order valence-corrected chi connectivity index (χ4v) is 4.39. The molecule has 1 N–H and O–H groups in total. The molecule has 5 heterocycles. The number of nitrogens with zero attached hydrogens (tertiary/aromatic N) is 3. The summed E-state index contributed by atoms with van der Waals surface area (Å²) in [6.45, 7) is 4.62. The van der Waals surface area contributed by atoms with Crippen molar-refractivity contribution in [2.24, 2.45) is 5.10 Å². The van der Waals surface area contributed by atoms with Crippen molar-refractivity contribution in [3.05, 3.63) is 71.5 Å². The molecule has 10 heteroatoms. The molecular weight excluding hydrogens is 428 g/mol. The second kappa shape index (κ2) is 7.51. The van der Waals surface area contributed by atoms with E-state index in [0.717, 1.165) is 4.90 Å². The van der Waals surface area contributed by atoms with Crippen LogP contribution in [0.5, 0.6) is 0 Å². The highest BCUT2D eigenvalue weighted by Gasteiger charge is 2.51. The summed E-state index contributed by atoms with van der Waals surface area (Å²) >= 11 is 0. The van der Waals surface area contributed by atoms with Crippen molar-refractivity contribution in [3.63, 3.8) is 0 Å². The molecule has 0 bridgehead atoms. The Hall–Kier alpha value is -4.08. The number of hydrogen-bond donors (Lipinski definition) is 1. The summed E-state index contributed by atoms with van der Waals surface area (Å²) in [6, 6.07) is 7.51. The van der Waals surface area contributed by atoms with Gasteiger partial charge in [-0.2, -0.15) is 5.10 Å². The summed E-state index contributed by atoms with van der Waals surface area (Å²) < 4.78 is 16.5. The first-order valence-corrected chi connectivity index (χ1v) is 10.5. The van der Waals surface area contributed by atoms with Gasteiger partial charge in [-0.25, -0.2) is 9.80 Å². The number of amides is 4. The van der Waals surface area contributed by atoms with E-state index in [4.69, 9.17) is 13.3 Å². The Balaban J connectivity index is 1.41. The van der Waals surface area contributed by atoms with E-state index in [9.17, 15) is 14.4 Å². The van der Waals surface area contributed by atoms with E-state index in [-0.39, 0.29) is 0 Å². The van der Waals surface area contributed by atoms with Gasteiger partial charge >= 0.3 is 6.03 Å². The number of imide groups is 1. The third kappa shape index (κ3) is 3.34. The molecule has 2 aliphatic heterocycles. The van der Waals surface area contributed by atoms with Crippen LogP contribution < -0.4 is 5.32 Å². The third-order valence-corrected chi connectivity index (χ3v) is 5.99. The molecule has 2 unspecified atom stereocenters. The molecule has 0 saturated carbocycles. The zero-order valence-electron chi connectivity index (χ0n) is 18.3. The van der Waals surface area contributed by atoms with Crippen LogP contribution in [0.1, 0.15) is 48.0 Å². The zero-order chi connectivity index (χ0) is 23.3. The van der Waals surface area contributed by atoms with Crippen molar-refractivity contribution < 1.29 is 27.6 Å². The van der Waals surface area contributed by atoms with Crippen LogP contribution in [0.3, 0.4) is 0 Å². The average Bonchev–Trinajstić information content (AvgIpc) is 3.57. The first kappa shape index (κ1) is 20.8. The Morgan fingerprint density at radius 3 is 2.61 bits per heavy atom. The molecule has 170 valence electrons. The van der Waals surface area contributed by atoms with Gasteiger partial charge in [-0.05, 0) is 51.1 Å². The lowest BCUT2D eigenvalue weighted by Gasteiger charge is -2.23. The van der Waals surface area contributed by atoms with Gasteiger partial charge in [-0.1, -0.05) is 0 Å². The molecule has 0 radical (unpaired) electrons. The van der Waals surface area contributed by atoms with Crippen LogP contribution in [0, 0.1) is 13.8 Å². The first-order chi connectivity index (χ1) is 15.8. The van der Waals surface area contributed by atoms with Gasteiger partial charge in [0, 0.05) is 12.0 Å². The van der Waals surface area contributed by atoms with Gasteiger partial charge in [0.05, 0.1) is 12.5 Å². The van der Waals surface area contributed by atoms with Crippen LogP contribution in [0.2, 0.25) is 0 Å². The monoisotopic (exact) mass is 450 g/mol. The number of hydrogen-bond acceptors (Lipinski definition) is 7. The fourth-order valence-electron chi connectivity index (χ4n) is 4.39. The van der Waals surface area contributed by atoms with Gasteiger partial charge in [-0.3, -0.25) is 14.5 Å².